The standard InChI is InChI=1S/C10H10N2O2.C5H12/c13-7-6-9-11-12-10(14-9)8-4-2-1-3-5-8;1-4-5(2)3/h1-5,13H,6-7H2;5H,4H2,1-3H3. The van der Waals surface area contributed by atoms with Crippen molar-refractivity contribution in [2.24, 2.45) is 5.92 Å². The van der Waals surface area contributed by atoms with Gasteiger partial charge in [-0.15, -0.1) is 10.2 Å². The van der Waals surface area contributed by atoms with Crippen LogP contribution >= 0.6 is 0 Å². The number of aliphatic hydroxyl groups excluding tert-OH is 1. The van der Waals surface area contributed by atoms with E-state index < -0.39 is 0 Å². The van der Waals surface area contributed by atoms with Crippen LogP contribution in [0, 0.1) is 5.92 Å². The molecule has 0 aliphatic carbocycles. The minimum Gasteiger partial charge on any atom is -0.421 e. The summed E-state index contributed by atoms with van der Waals surface area (Å²) in [4.78, 5) is 0. The molecule has 0 fully saturated rings. The molecule has 2 rings (SSSR count). The van der Waals surface area contributed by atoms with E-state index in [1.807, 2.05) is 30.3 Å². The summed E-state index contributed by atoms with van der Waals surface area (Å²) in [5, 5.41) is 16.4. The first kappa shape index (κ1) is 15.4. The Balaban J connectivity index is 0.000000312. The van der Waals surface area contributed by atoms with Crippen molar-refractivity contribution in [3.8, 4) is 11.5 Å². The molecule has 0 aliphatic rings. The first-order valence-electron chi connectivity index (χ1n) is 6.66. The molecule has 0 bridgehead atoms. The van der Waals surface area contributed by atoms with E-state index in [-0.39, 0.29) is 6.61 Å². The fraction of sp³-hybridized carbons (Fsp3) is 0.467. The van der Waals surface area contributed by atoms with Crippen molar-refractivity contribution in [3.05, 3.63) is 36.2 Å². The quantitative estimate of drug-likeness (QED) is 0.918. The van der Waals surface area contributed by atoms with Gasteiger partial charge in [-0.2, -0.15) is 0 Å². The summed E-state index contributed by atoms with van der Waals surface area (Å²) in [6.45, 7) is 6.67. The van der Waals surface area contributed by atoms with E-state index in [1.165, 1.54) is 6.42 Å². The molecule has 0 amide bonds. The number of hydrogen-bond donors (Lipinski definition) is 1. The maximum atomic E-state index is 8.67. The van der Waals surface area contributed by atoms with Gasteiger partial charge in [0.05, 0.1) is 6.61 Å². The van der Waals surface area contributed by atoms with Crippen molar-refractivity contribution in [2.75, 3.05) is 6.61 Å². The predicted molar refractivity (Wildman–Crippen MR) is 75.7 cm³/mol. The molecular weight excluding hydrogens is 240 g/mol. The molecule has 0 saturated heterocycles. The Hall–Kier alpha value is -1.68. The molecular formula is C15H22N2O2. The molecule has 0 spiro atoms. The van der Waals surface area contributed by atoms with Crippen LogP contribution in [-0.2, 0) is 6.42 Å². The van der Waals surface area contributed by atoms with Crippen LogP contribution in [0.5, 0.6) is 0 Å². The summed E-state index contributed by atoms with van der Waals surface area (Å²) in [7, 11) is 0. The molecule has 4 heteroatoms. The van der Waals surface area contributed by atoms with E-state index in [4.69, 9.17) is 9.52 Å². The van der Waals surface area contributed by atoms with Gasteiger partial charge in [-0.05, 0) is 18.1 Å². The zero-order valence-corrected chi connectivity index (χ0v) is 11.8. The van der Waals surface area contributed by atoms with Crippen LogP contribution in [0.4, 0.5) is 0 Å². The average molecular weight is 262 g/mol. The zero-order valence-electron chi connectivity index (χ0n) is 11.8. The lowest BCUT2D eigenvalue weighted by molar-refractivity contribution is 0.285. The van der Waals surface area contributed by atoms with Crippen LogP contribution in [0.2, 0.25) is 0 Å². The summed E-state index contributed by atoms with van der Waals surface area (Å²) in [5.74, 6) is 1.84. The minimum atomic E-state index is 0.0242. The minimum absolute atomic E-state index is 0.0242. The molecule has 1 aromatic carbocycles. The Bertz CT molecular complexity index is 452. The average Bonchev–Trinajstić information content (AvgIpc) is 2.89. The maximum Gasteiger partial charge on any atom is 0.247 e. The third kappa shape index (κ3) is 5.66. The summed E-state index contributed by atoms with van der Waals surface area (Å²) in [6.07, 6.45) is 1.71. The topological polar surface area (TPSA) is 59.2 Å². The lowest BCUT2D eigenvalue weighted by atomic mass is 10.2. The Morgan fingerprint density at radius 2 is 1.79 bits per heavy atom. The largest absolute Gasteiger partial charge is 0.421 e. The van der Waals surface area contributed by atoms with Gasteiger partial charge >= 0.3 is 0 Å². The van der Waals surface area contributed by atoms with Gasteiger partial charge in [0, 0.05) is 12.0 Å². The highest BCUT2D eigenvalue weighted by molar-refractivity contribution is 5.51. The third-order valence-corrected chi connectivity index (χ3v) is 2.63. The molecule has 104 valence electrons. The maximum absolute atomic E-state index is 8.67. The fourth-order valence-electron chi connectivity index (χ4n) is 1.15. The molecule has 0 radical (unpaired) electrons. The van der Waals surface area contributed by atoms with E-state index in [9.17, 15) is 0 Å². The van der Waals surface area contributed by atoms with Crippen molar-refractivity contribution in [1.29, 1.82) is 0 Å². The van der Waals surface area contributed by atoms with Crippen molar-refractivity contribution >= 4 is 0 Å². The SMILES string of the molecule is CCC(C)C.OCCc1nnc(-c2ccccc2)o1. The number of aromatic nitrogens is 2. The van der Waals surface area contributed by atoms with E-state index in [2.05, 4.69) is 31.0 Å². The van der Waals surface area contributed by atoms with Crippen molar-refractivity contribution in [2.45, 2.75) is 33.6 Å². The number of nitrogens with zero attached hydrogens (tertiary/aromatic N) is 2. The summed E-state index contributed by atoms with van der Waals surface area (Å²) < 4.78 is 5.33. The Labute approximate surface area is 114 Å². The Morgan fingerprint density at radius 1 is 1.16 bits per heavy atom. The number of hydrogen-bond acceptors (Lipinski definition) is 4. The van der Waals surface area contributed by atoms with Crippen LogP contribution < -0.4 is 0 Å². The smallest absolute Gasteiger partial charge is 0.247 e. The molecule has 19 heavy (non-hydrogen) atoms. The molecule has 0 unspecified atom stereocenters. The van der Waals surface area contributed by atoms with Gasteiger partial charge in [0.2, 0.25) is 11.8 Å². The van der Waals surface area contributed by atoms with Gasteiger partial charge in [-0.3, -0.25) is 0 Å². The van der Waals surface area contributed by atoms with Crippen molar-refractivity contribution in [1.82, 2.24) is 10.2 Å². The van der Waals surface area contributed by atoms with Crippen LogP contribution in [0.15, 0.2) is 34.7 Å². The Kier molecular flexibility index (Phi) is 6.82. The van der Waals surface area contributed by atoms with E-state index >= 15 is 0 Å². The first-order chi connectivity index (χ1) is 9.17. The van der Waals surface area contributed by atoms with Crippen LogP contribution in [-0.4, -0.2) is 21.9 Å². The van der Waals surface area contributed by atoms with Crippen LogP contribution in [0.1, 0.15) is 33.1 Å². The highest BCUT2D eigenvalue weighted by atomic mass is 16.4. The predicted octanol–water partition coefficient (Wildman–Crippen LogP) is 3.32. The molecule has 1 heterocycles. The molecule has 1 aromatic heterocycles. The first-order valence-corrected chi connectivity index (χ1v) is 6.66. The summed E-state index contributed by atoms with van der Waals surface area (Å²) in [6, 6.07) is 9.54. The summed E-state index contributed by atoms with van der Waals surface area (Å²) in [5.41, 5.74) is 0.893. The van der Waals surface area contributed by atoms with Gasteiger partial charge in [0.25, 0.3) is 0 Å². The Morgan fingerprint density at radius 3 is 2.32 bits per heavy atom. The highest BCUT2D eigenvalue weighted by Crippen LogP contribution is 2.16. The van der Waals surface area contributed by atoms with Gasteiger partial charge in [-0.1, -0.05) is 45.4 Å². The number of benzene rings is 1. The van der Waals surface area contributed by atoms with E-state index in [0.717, 1.165) is 11.5 Å². The van der Waals surface area contributed by atoms with E-state index in [0.29, 0.717) is 18.2 Å². The summed E-state index contributed by atoms with van der Waals surface area (Å²) >= 11 is 0. The lowest BCUT2D eigenvalue weighted by Gasteiger charge is -1.91. The van der Waals surface area contributed by atoms with Crippen LogP contribution in [0.25, 0.3) is 11.5 Å². The fourth-order valence-corrected chi connectivity index (χ4v) is 1.15. The lowest BCUT2D eigenvalue weighted by Crippen LogP contribution is -1.89. The molecule has 0 saturated carbocycles. The van der Waals surface area contributed by atoms with Crippen molar-refractivity contribution < 1.29 is 9.52 Å². The second-order valence-electron chi connectivity index (χ2n) is 4.64. The second kappa shape index (κ2) is 8.43. The molecule has 1 N–H and O–H groups in total. The van der Waals surface area contributed by atoms with Gasteiger partial charge < -0.3 is 9.52 Å². The molecule has 0 atom stereocenters. The van der Waals surface area contributed by atoms with Gasteiger partial charge in [0.15, 0.2) is 0 Å². The van der Waals surface area contributed by atoms with Crippen molar-refractivity contribution in [3.63, 3.8) is 0 Å². The molecule has 2 aromatic rings. The van der Waals surface area contributed by atoms with E-state index in [1.54, 1.807) is 0 Å². The third-order valence-electron chi connectivity index (χ3n) is 2.63. The van der Waals surface area contributed by atoms with Crippen LogP contribution in [0.3, 0.4) is 0 Å². The molecule has 4 nitrogen and oxygen atoms in total. The highest BCUT2D eigenvalue weighted by Gasteiger charge is 2.06. The monoisotopic (exact) mass is 262 g/mol. The zero-order chi connectivity index (χ0) is 14.1. The normalized spacial score (nSPS) is 10.2. The van der Waals surface area contributed by atoms with Gasteiger partial charge in [0.1, 0.15) is 0 Å². The van der Waals surface area contributed by atoms with Gasteiger partial charge in [-0.25, -0.2) is 0 Å². The molecule has 0 aliphatic heterocycles. The number of rotatable bonds is 4. The number of aliphatic hydroxyl groups is 1. The second-order valence-corrected chi connectivity index (χ2v) is 4.64.